The van der Waals surface area contributed by atoms with E-state index in [9.17, 15) is 45.6 Å². The molecule has 0 bridgehead atoms. The zero-order valence-electron chi connectivity index (χ0n) is 26.6. The first-order chi connectivity index (χ1) is 22.0. The zero-order valence-corrected chi connectivity index (χ0v) is 26.6. The molecule has 14 heteroatoms. The highest BCUT2D eigenvalue weighted by atomic mass is 16.7. The average molecular weight is 660 g/mol. The van der Waals surface area contributed by atoms with Crippen LogP contribution in [0.5, 0.6) is 0 Å². The van der Waals surface area contributed by atoms with Gasteiger partial charge in [-0.25, -0.2) is 0 Å². The van der Waals surface area contributed by atoms with E-state index in [0.29, 0.717) is 0 Å². The van der Waals surface area contributed by atoms with E-state index in [-0.39, 0.29) is 25.5 Å². The first-order valence-corrected chi connectivity index (χ1v) is 16.2. The van der Waals surface area contributed by atoms with Crippen LogP contribution in [-0.2, 0) is 29.2 Å². The Labute approximate surface area is 269 Å². The van der Waals surface area contributed by atoms with Crippen molar-refractivity contribution >= 4 is 5.91 Å². The molecule has 1 aromatic rings. The van der Waals surface area contributed by atoms with Gasteiger partial charge in [-0.05, 0) is 18.4 Å². The minimum absolute atomic E-state index is 0.146. The summed E-state index contributed by atoms with van der Waals surface area (Å²) in [5.41, 5.74) is 0.608. The summed E-state index contributed by atoms with van der Waals surface area (Å²) < 4.78 is 22.3. The normalized spacial score (nSPS) is 32.7. The molecule has 1 amide bonds. The molecule has 0 aliphatic carbocycles. The third-order valence-corrected chi connectivity index (χ3v) is 8.89. The van der Waals surface area contributed by atoms with E-state index in [4.69, 9.17) is 18.9 Å². The Kier molecular flexibility index (Phi) is 15.7. The summed E-state index contributed by atoms with van der Waals surface area (Å²) in [6.45, 7) is 2.21. The molecule has 2 saturated heterocycles. The van der Waals surface area contributed by atoms with Crippen molar-refractivity contribution in [2.24, 2.45) is 0 Å². The predicted molar refractivity (Wildman–Crippen MR) is 163 cm³/mol. The number of amides is 1. The molecule has 2 aliphatic heterocycles. The van der Waals surface area contributed by atoms with Gasteiger partial charge in [0.25, 0.3) is 0 Å². The standard InChI is InChI=1S/C32H53NO13/c1-3-5-12-32(13-6-4-2,19-10-8-7-9-11-19)14-23(36)33-20(17-43-30-28(41)26(39)24(37)21(15-34)45-30)18-44-31-29(42)27(40)25(38)22(16-35)46-31/h7-11,20-22,24-31,34-35,37-42H,3-6,12-18H2,1-2H3,(H,33,36)/t20?,21?,22?,24-,25-,26?,27?,28+,29+,30-,31-/m0/s1. The highest BCUT2D eigenvalue weighted by Crippen LogP contribution is 2.39. The minimum atomic E-state index is -1.67. The van der Waals surface area contributed by atoms with E-state index < -0.39 is 86.1 Å². The predicted octanol–water partition coefficient (Wildman–Crippen LogP) is -1.19. The fraction of sp³-hybridized carbons (Fsp3) is 0.781. The van der Waals surface area contributed by atoms with Crippen LogP contribution in [0.3, 0.4) is 0 Å². The molecule has 46 heavy (non-hydrogen) atoms. The smallest absolute Gasteiger partial charge is 0.221 e. The van der Waals surface area contributed by atoms with E-state index in [1.165, 1.54) is 0 Å². The van der Waals surface area contributed by atoms with Crippen molar-refractivity contribution in [2.75, 3.05) is 26.4 Å². The van der Waals surface area contributed by atoms with Gasteiger partial charge in [-0.3, -0.25) is 4.79 Å². The first-order valence-electron chi connectivity index (χ1n) is 16.2. The molecule has 10 atom stereocenters. The number of carbonyl (C=O) groups is 1. The summed E-state index contributed by atoms with van der Waals surface area (Å²) in [7, 11) is 0. The van der Waals surface area contributed by atoms with Gasteiger partial charge in [0, 0.05) is 11.8 Å². The van der Waals surface area contributed by atoms with Crippen LogP contribution in [0, 0.1) is 0 Å². The van der Waals surface area contributed by atoms with Crippen LogP contribution in [0.2, 0.25) is 0 Å². The monoisotopic (exact) mass is 659 g/mol. The van der Waals surface area contributed by atoms with Crippen molar-refractivity contribution in [3.63, 3.8) is 0 Å². The van der Waals surface area contributed by atoms with Gasteiger partial charge in [-0.1, -0.05) is 69.9 Å². The van der Waals surface area contributed by atoms with Gasteiger partial charge in [0.1, 0.15) is 48.8 Å². The molecule has 4 unspecified atom stereocenters. The Morgan fingerprint density at radius 1 is 0.761 bits per heavy atom. The molecule has 14 nitrogen and oxygen atoms in total. The number of aliphatic hydroxyl groups excluding tert-OH is 8. The number of benzene rings is 1. The number of ether oxygens (including phenoxy) is 4. The lowest BCUT2D eigenvalue weighted by molar-refractivity contribution is -0.309. The van der Waals surface area contributed by atoms with Crippen molar-refractivity contribution in [3.8, 4) is 0 Å². The van der Waals surface area contributed by atoms with Crippen molar-refractivity contribution in [1.82, 2.24) is 5.32 Å². The van der Waals surface area contributed by atoms with Crippen molar-refractivity contribution in [3.05, 3.63) is 35.9 Å². The number of carbonyl (C=O) groups excluding carboxylic acids is 1. The second-order valence-electron chi connectivity index (χ2n) is 12.4. The highest BCUT2D eigenvalue weighted by molar-refractivity contribution is 5.78. The number of unbranched alkanes of at least 4 members (excludes halogenated alkanes) is 2. The third kappa shape index (κ3) is 9.87. The van der Waals surface area contributed by atoms with Gasteiger partial charge >= 0.3 is 0 Å². The van der Waals surface area contributed by atoms with E-state index in [1.807, 2.05) is 30.3 Å². The number of rotatable bonds is 18. The second-order valence-corrected chi connectivity index (χ2v) is 12.4. The summed E-state index contributed by atoms with van der Waals surface area (Å²) in [6, 6.07) is 8.94. The summed E-state index contributed by atoms with van der Waals surface area (Å²) in [4.78, 5) is 13.8. The Balaban J connectivity index is 1.80. The molecular weight excluding hydrogens is 606 g/mol. The van der Waals surface area contributed by atoms with Gasteiger partial charge in [-0.15, -0.1) is 0 Å². The van der Waals surface area contributed by atoms with Crippen LogP contribution in [0.25, 0.3) is 0 Å². The quantitative estimate of drug-likeness (QED) is 0.0905. The molecule has 1 aromatic carbocycles. The Hall–Kier alpha value is -1.79. The zero-order chi connectivity index (χ0) is 33.9. The lowest BCUT2D eigenvalue weighted by Gasteiger charge is -2.41. The molecule has 3 rings (SSSR count). The topological polar surface area (TPSA) is 228 Å². The van der Waals surface area contributed by atoms with Crippen molar-refractivity contribution < 1.29 is 64.6 Å². The molecule has 264 valence electrons. The van der Waals surface area contributed by atoms with Gasteiger partial charge in [0.2, 0.25) is 5.91 Å². The number of hydrogen-bond donors (Lipinski definition) is 9. The molecule has 0 radical (unpaired) electrons. The van der Waals surface area contributed by atoms with E-state index >= 15 is 0 Å². The number of nitrogens with one attached hydrogen (secondary N) is 1. The Morgan fingerprint density at radius 2 is 1.22 bits per heavy atom. The highest BCUT2D eigenvalue weighted by Gasteiger charge is 2.46. The lowest BCUT2D eigenvalue weighted by atomic mass is 9.70. The fourth-order valence-electron chi connectivity index (χ4n) is 6.06. The van der Waals surface area contributed by atoms with Crippen LogP contribution in [0.1, 0.15) is 64.4 Å². The lowest BCUT2D eigenvalue weighted by Crippen LogP contribution is -2.60. The fourth-order valence-corrected chi connectivity index (χ4v) is 6.06. The van der Waals surface area contributed by atoms with Gasteiger partial charge < -0.3 is 65.1 Å². The SMILES string of the molecule is CCCCC(CCCC)(CC(=O)NC(CO[C@H]1OC(CO)[C@H](O)C(O)[C@H]1O)CO[C@H]1OC(CO)[C@H](O)C(O)[C@H]1O)c1ccccc1. The summed E-state index contributed by atoms with van der Waals surface area (Å²) in [5.74, 6) is -0.323. The maximum atomic E-state index is 13.8. The molecule has 2 aliphatic rings. The first kappa shape index (κ1) is 38.7. The second kappa shape index (κ2) is 18.7. The van der Waals surface area contributed by atoms with Crippen LogP contribution < -0.4 is 5.32 Å². The minimum Gasteiger partial charge on any atom is -0.394 e. The van der Waals surface area contributed by atoms with Crippen LogP contribution in [0.15, 0.2) is 30.3 Å². The third-order valence-electron chi connectivity index (χ3n) is 8.89. The van der Waals surface area contributed by atoms with E-state index in [1.54, 1.807) is 0 Å². The molecular formula is C32H53NO13. The molecule has 2 fully saturated rings. The maximum absolute atomic E-state index is 13.8. The molecule has 0 saturated carbocycles. The van der Waals surface area contributed by atoms with Gasteiger partial charge in [0.15, 0.2) is 12.6 Å². The largest absolute Gasteiger partial charge is 0.394 e. The maximum Gasteiger partial charge on any atom is 0.221 e. The van der Waals surface area contributed by atoms with Gasteiger partial charge in [-0.2, -0.15) is 0 Å². The van der Waals surface area contributed by atoms with Crippen LogP contribution in [0.4, 0.5) is 0 Å². The summed E-state index contributed by atoms with van der Waals surface area (Å²) >= 11 is 0. The molecule has 0 spiro atoms. The number of aliphatic hydroxyl groups is 8. The van der Waals surface area contributed by atoms with Crippen LogP contribution >= 0.6 is 0 Å². The number of hydrogen-bond acceptors (Lipinski definition) is 13. The summed E-state index contributed by atoms with van der Waals surface area (Å²) in [5, 5.41) is 83.5. The summed E-state index contributed by atoms with van der Waals surface area (Å²) in [6.07, 6.45) is -9.75. The molecule has 2 heterocycles. The van der Waals surface area contributed by atoms with Crippen molar-refractivity contribution in [1.29, 1.82) is 0 Å². The van der Waals surface area contributed by atoms with Crippen molar-refractivity contribution in [2.45, 2.75) is 132 Å². The Bertz CT molecular complexity index is 967. The van der Waals surface area contributed by atoms with E-state index in [0.717, 1.165) is 44.1 Å². The average Bonchev–Trinajstić information content (AvgIpc) is 3.06. The van der Waals surface area contributed by atoms with Crippen LogP contribution in [-0.4, -0.2) is 141 Å². The molecule has 0 aromatic heterocycles. The molecule has 9 N–H and O–H groups in total. The van der Waals surface area contributed by atoms with Gasteiger partial charge in [0.05, 0.1) is 32.5 Å². The van der Waals surface area contributed by atoms with E-state index in [2.05, 4.69) is 19.2 Å². The Morgan fingerprint density at radius 3 is 1.63 bits per heavy atom.